The molecule has 1 heterocycles. The molecule has 0 unspecified atom stereocenters. The normalized spacial score (nSPS) is 11.1. The maximum absolute atomic E-state index is 6.02. The van der Waals surface area contributed by atoms with Crippen LogP contribution in [0.1, 0.15) is 25.6 Å². The third-order valence-corrected chi connectivity index (χ3v) is 3.53. The Bertz CT molecular complexity index is 610. The van der Waals surface area contributed by atoms with Crippen molar-refractivity contribution in [2.75, 3.05) is 5.73 Å². The smallest absolute Gasteiger partial charge is 0.241 e. The van der Waals surface area contributed by atoms with Crippen molar-refractivity contribution in [3.8, 4) is 11.6 Å². The summed E-state index contributed by atoms with van der Waals surface area (Å²) >= 11 is 9.33. The highest BCUT2D eigenvalue weighted by molar-refractivity contribution is 9.10. The van der Waals surface area contributed by atoms with Gasteiger partial charge in [-0.1, -0.05) is 11.6 Å². The molecule has 0 radical (unpaired) electrons. The number of nitrogens with zero attached hydrogens (tertiary/aromatic N) is 2. The van der Waals surface area contributed by atoms with E-state index in [1.54, 1.807) is 22.9 Å². The van der Waals surface area contributed by atoms with Gasteiger partial charge in [-0.2, -0.15) is 5.10 Å². The van der Waals surface area contributed by atoms with Gasteiger partial charge in [0.2, 0.25) is 5.88 Å². The van der Waals surface area contributed by atoms with Crippen molar-refractivity contribution in [2.45, 2.75) is 26.8 Å². The molecule has 0 saturated carbocycles. The fraction of sp³-hybridized carbons (Fsp3) is 0.308. The lowest BCUT2D eigenvalue weighted by Gasteiger charge is -2.13. The van der Waals surface area contributed by atoms with Gasteiger partial charge < -0.3 is 10.5 Å². The Morgan fingerprint density at radius 3 is 2.68 bits per heavy atom. The van der Waals surface area contributed by atoms with E-state index in [1.807, 2.05) is 20.8 Å². The van der Waals surface area contributed by atoms with Crippen molar-refractivity contribution >= 4 is 33.2 Å². The van der Waals surface area contributed by atoms with Crippen molar-refractivity contribution < 1.29 is 4.74 Å². The molecule has 4 nitrogen and oxygen atoms in total. The minimum absolute atomic E-state index is 0.164. The van der Waals surface area contributed by atoms with Crippen LogP contribution in [-0.4, -0.2) is 9.78 Å². The molecule has 0 fully saturated rings. The van der Waals surface area contributed by atoms with Crippen LogP contribution in [0.15, 0.2) is 22.7 Å². The molecule has 1 aromatic heterocycles. The molecule has 2 aromatic rings. The molecule has 0 atom stereocenters. The Balaban J connectivity index is 2.43. The lowest BCUT2D eigenvalue weighted by molar-refractivity contribution is 0.388. The monoisotopic (exact) mass is 343 g/mol. The van der Waals surface area contributed by atoms with Crippen LogP contribution in [-0.2, 0) is 0 Å². The highest BCUT2D eigenvalue weighted by atomic mass is 79.9. The molecule has 0 spiro atoms. The standard InChI is InChI=1S/C13H15BrClN3O/c1-7(2)18-13(12(16)8(3)17-18)19-11-5-4-9(15)6-10(11)14/h4-7H,16H2,1-3H3. The Morgan fingerprint density at radius 1 is 1.42 bits per heavy atom. The molecular weight excluding hydrogens is 330 g/mol. The number of anilines is 1. The maximum Gasteiger partial charge on any atom is 0.241 e. The third-order valence-electron chi connectivity index (χ3n) is 2.68. The van der Waals surface area contributed by atoms with Crippen LogP contribution in [0.4, 0.5) is 5.69 Å². The lowest BCUT2D eigenvalue weighted by Crippen LogP contribution is -2.05. The van der Waals surface area contributed by atoms with Crippen molar-refractivity contribution in [2.24, 2.45) is 0 Å². The number of nitrogen functional groups attached to an aromatic ring is 1. The molecular formula is C13H15BrClN3O. The zero-order chi connectivity index (χ0) is 14.2. The van der Waals surface area contributed by atoms with E-state index in [4.69, 9.17) is 22.1 Å². The van der Waals surface area contributed by atoms with Crippen molar-refractivity contribution in [3.05, 3.63) is 33.4 Å². The van der Waals surface area contributed by atoms with E-state index in [-0.39, 0.29) is 6.04 Å². The van der Waals surface area contributed by atoms with Gasteiger partial charge in [-0.05, 0) is 54.9 Å². The second kappa shape index (κ2) is 5.43. The summed E-state index contributed by atoms with van der Waals surface area (Å²) in [7, 11) is 0. The topological polar surface area (TPSA) is 53.1 Å². The number of hydrogen-bond donors (Lipinski definition) is 1. The first-order valence-corrected chi connectivity index (χ1v) is 7.04. The number of nitrogens with two attached hydrogens (primary N) is 1. The van der Waals surface area contributed by atoms with Crippen molar-refractivity contribution in [1.29, 1.82) is 0 Å². The van der Waals surface area contributed by atoms with E-state index < -0.39 is 0 Å². The summed E-state index contributed by atoms with van der Waals surface area (Å²) in [6.07, 6.45) is 0. The average molecular weight is 345 g/mol. The van der Waals surface area contributed by atoms with Gasteiger partial charge >= 0.3 is 0 Å². The van der Waals surface area contributed by atoms with Crippen molar-refractivity contribution in [3.63, 3.8) is 0 Å². The highest BCUT2D eigenvalue weighted by Crippen LogP contribution is 2.36. The zero-order valence-corrected chi connectivity index (χ0v) is 13.3. The summed E-state index contributed by atoms with van der Waals surface area (Å²) in [4.78, 5) is 0. The van der Waals surface area contributed by atoms with Crippen LogP contribution < -0.4 is 10.5 Å². The SMILES string of the molecule is Cc1nn(C(C)C)c(Oc2ccc(Cl)cc2Br)c1N. The zero-order valence-electron chi connectivity index (χ0n) is 10.9. The van der Waals surface area contributed by atoms with Gasteiger partial charge in [0.05, 0.1) is 16.2 Å². The second-order valence-corrected chi connectivity index (χ2v) is 5.81. The summed E-state index contributed by atoms with van der Waals surface area (Å²) in [5, 5.41) is 5.02. The molecule has 1 aromatic carbocycles. The van der Waals surface area contributed by atoms with Crippen LogP contribution >= 0.6 is 27.5 Å². The molecule has 6 heteroatoms. The summed E-state index contributed by atoms with van der Waals surface area (Å²) in [6.45, 7) is 5.91. The molecule has 2 rings (SSSR count). The number of halogens is 2. The number of aryl methyl sites for hydroxylation is 1. The first-order chi connectivity index (χ1) is 8.90. The summed E-state index contributed by atoms with van der Waals surface area (Å²) in [6, 6.07) is 5.49. The molecule has 0 aliphatic rings. The summed E-state index contributed by atoms with van der Waals surface area (Å²) < 4.78 is 8.42. The molecule has 0 amide bonds. The number of hydrogen-bond acceptors (Lipinski definition) is 3. The summed E-state index contributed by atoms with van der Waals surface area (Å²) in [5.74, 6) is 1.20. The van der Waals surface area contributed by atoms with E-state index in [1.165, 1.54) is 0 Å². The van der Waals surface area contributed by atoms with E-state index in [2.05, 4.69) is 21.0 Å². The fourth-order valence-corrected chi connectivity index (χ4v) is 2.42. The van der Waals surface area contributed by atoms with Crippen LogP contribution in [0.3, 0.4) is 0 Å². The Morgan fingerprint density at radius 2 is 2.11 bits per heavy atom. The van der Waals surface area contributed by atoms with E-state index in [9.17, 15) is 0 Å². The van der Waals surface area contributed by atoms with Gasteiger partial charge in [0, 0.05) is 5.02 Å². The minimum atomic E-state index is 0.164. The maximum atomic E-state index is 6.02. The quantitative estimate of drug-likeness (QED) is 0.888. The number of benzene rings is 1. The van der Waals surface area contributed by atoms with Crippen LogP contribution in [0.2, 0.25) is 5.02 Å². The van der Waals surface area contributed by atoms with E-state index in [0.29, 0.717) is 22.3 Å². The van der Waals surface area contributed by atoms with E-state index >= 15 is 0 Å². The first kappa shape index (κ1) is 14.2. The first-order valence-electron chi connectivity index (χ1n) is 5.87. The van der Waals surface area contributed by atoms with Gasteiger partial charge in [-0.15, -0.1) is 0 Å². The van der Waals surface area contributed by atoms with Gasteiger partial charge in [0.25, 0.3) is 0 Å². The Hall–Kier alpha value is -1.20. The predicted octanol–water partition coefficient (Wildman–Crippen LogP) is 4.56. The van der Waals surface area contributed by atoms with Crippen LogP contribution in [0.25, 0.3) is 0 Å². The average Bonchev–Trinajstić information content (AvgIpc) is 2.61. The predicted molar refractivity (Wildman–Crippen MR) is 81.0 cm³/mol. The van der Waals surface area contributed by atoms with Gasteiger partial charge in [-0.25, -0.2) is 4.68 Å². The Labute approximate surface area is 125 Å². The molecule has 102 valence electrons. The number of rotatable bonds is 3. The molecule has 0 bridgehead atoms. The fourth-order valence-electron chi connectivity index (χ4n) is 1.65. The van der Waals surface area contributed by atoms with E-state index in [0.717, 1.165) is 10.2 Å². The third kappa shape index (κ3) is 2.87. The molecule has 0 aliphatic heterocycles. The van der Waals surface area contributed by atoms with Crippen LogP contribution in [0.5, 0.6) is 11.6 Å². The van der Waals surface area contributed by atoms with Gasteiger partial charge in [0.15, 0.2) is 0 Å². The van der Waals surface area contributed by atoms with Crippen molar-refractivity contribution in [1.82, 2.24) is 9.78 Å². The minimum Gasteiger partial charge on any atom is -0.436 e. The van der Waals surface area contributed by atoms with Gasteiger partial charge in [0.1, 0.15) is 11.4 Å². The molecule has 19 heavy (non-hydrogen) atoms. The molecule has 2 N–H and O–H groups in total. The number of ether oxygens (including phenoxy) is 1. The van der Waals surface area contributed by atoms with Gasteiger partial charge in [-0.3, -0.25) is 0 Å². The molecule has 0 saturated heterocycles. The molecule has 0 aliphatic carbocycles. The van der Waals surface area contributed by atoms with Crippen LogP contribution in [0, 0.1) is 6.92 Å². The largest absolute Gasteiger partial charge is 0.436 e. The Kier molecular flexibility index (Phi) is 4.06. The second-order valence-electron chi connectivity index (χ2n) is 4.52. The highest BCUT2D eigenvalue weighted by Gasteiger charge is 2.17. The lowest BCUT2D eigenvalue weighted by atomic mass is 10.3. The number of aromatic nitrogens is 2. The summed E-state index contributed by atoms with van der Waals surface area (Å²) in [5.41, 5.74) is 7.33.